The summed E-state index contributed by atoms with van der Waals surface area (Å²) >= 11 is 0. The number of piperazine rings is 1. The van der Waals surface area contributed by atoms with E-state index in [0.29, 0.717) is 35.9 Å². The third kappa shape index (κ3) is 4.59. The average molecular weight is 410 g/mol. The van der Waals surface area contributed by atoms with Crippen LogP contribution in [0, 0.1) is 0 Å². The van der Waals surface area contributed by atoms with Crippen molar-refractivity contribution >= 4 is 0 Å². The summed E-state index contributed by atoms with van der Waals surface area (Å²) in [6, 6.07) is 8.70. The van der Waals surface area contributed by atoms with Crippen LogP contribution in [0.15, 0.2) is 36.4 Å². The number of halogens is 3. The number of rotatable bonds is 6. The molecule has 158 valence electrons. The predicted molar refractivity (Wildman–Crippen MR) is 104 cm³/mol. The molecule has 2 aromatic carbocycles. The van der Waals surface area contributed by atoms with Gasteiger partial charge in [0.2, 0.25) is 5.75 Å². The van der Waals surface area contributed by atoms with E-state index in [1.54, 1.807) is 18.2 Å². The maximum Gasteiger partial charge on any atom is 0.416 e. The molecule has 0 amide bonds. The molecule has 0 aromatic heterocycles. The van der Waals surface area contributed by atoms with E-state index in [2.05, 4.69) is 10.2 Å². The first kappa shape index (κ1) is 21.3. The van der Waals surface area contributed by atoms with Crippen molar-refractivity contribution in [2.75, 3.05) is 47.5 Å². The molecule has 0 spiro atoms. The smallest absolute Gasteiger partial charge is 0.416 e. The van der Waals surface area contributed by atoms with Gasteiger partial charge in [-0.1, -0.05) is 12.1 Å². The molecule has 3 rings (SSSR count). The van der Waals surface area contributed by atoms with Crippen molar-refractivity contribution in [2.45, 2.75) is 12.2 Å². The van der Waals surface area contributed by atoms with Gasteiger partial charge in [0, 0.05) is 26.2 Å². The van der Waals surface area contributed by atoms with E-state index in [0.717, 1.165) is 24.7 Å². The van der Waals surface area contributed by atoms with E-state index < -0.39 is 11.7 Å². The van der Waals surface area contributed by atoms with E-state index in [9.17, 15) is 13.2 Å². The second kappa shape index (κ2) is 8.92. The highest BCUT2D eigenvalue weighted by Gasteiger charge is 2.33. The Balaban J connectivity index is 2.15. The SMILES string of the molecule is COc1cc(C(c2cccc(C(F)(F)F)c2)N2CCNCC2)cc(OC)c1OC. The summed E-state index contributed by atoms with van der Waals surface area (Å²) < 4.78 is 56.3. The molecular formula is C21H25F3N2O3. The number of benzene rings is 2. The summed E-state index contributed by atoms with van der Waals surface area (Å²) in [5, 5.41) is 3.28. The van der Waals surface area contributed by atoms with Crippen molar-refractivity contribution < 1.29 is 27.4 Å². The van der Waals surface area contributed by atoms with E-state index in [1.165, 1.54) is 33.5 Å². The van der Waals surface area contributed by atoms with Gasteiger partial charge in [-0.15, -0.1) is 0 Å². The molecule has 0 radical (unpaired) electrons. The number of nitrogens with one attached hydrogen (secondary N) is 1. The van der Waals surface area contributed by atoms with Crippen LogP contribution in [0.4, 0.5) is 13.2 Å². The second-order valence-corrected chi connectivity index (χ2v) is 6.77. The normalized spacial score (nSPS) is 16.3. The van der Waals surface area contributed by atoms with Crippen molar-refractivity contribution in [1.29, 1.82) is 0 Å². The standard InChI is InChI=1S/C21H25F3N2O3/c1-27-17-12-15(13-18(28-2)20(17)29-3)19(26-9-7-25-8-10-26)14-5-4-6-16(11-14)21(22,23)24/h4-6,11-13,19,25H,7-10H2,1-3H3. The third-order valence-electron chi connectivity index (χ3n) is 5.05. The molecule has 1 unspecified atom stereocenters. The van der Waals surface area contributed by atoms with Gasteiger partial charge in [-0.2, -0.15) is 13.2 Å². The Bertz CT molecular complexity index is 811. The molecule has 29 heavy (non-hydrogen) atoms. The Labute approximate surface area is 168 Å². The lowest BCUT2D eigenvalue weighted by molar-refractivity contribution is -0.137. The molecule has 1 N–H and O–H groups in total. The molecule has 0 saturated carbocycles. The van der Waals surface area contributed by atoms with E-state index in [1.807, 2.05) is 0 Å². The molecule has 1 atom stereocenters. The van der Waals surface area contributed by atoms with E-state index >= 15 is 0 Å². The van der Waals surface area contributed by atoms with Gasteiger partial charge in [-0.05, 0) is 35.4 Å². The number of hydrogen-bond donors (Lipinski definition) is 1. The third-order valence-corrected chi connectivity index (χ3v) is 5.05. The van der Waals surface area contributed by atoms with Crippen molar-refractivity contribution in [2.24, 2.45) is 0 Å². The Morgan fingerprint density at radius 2 is 1.52 bits per heavy atom. The minimum Gasteiger partial charge on any atom is -0.493 e. The summed E-state index contributed by atoms with van der Waals surface area (Å²) in [5.74, 6) is 1.38. The highest BCUT2D eigenvalue weighted by Crippen LogP contribution is 2.43. The minimum atomic E-state index is -4.40. The van der Waals surface area contributed by atoms with Crippen LogP contribution in [0.3, 0.4) is 0 Å². The van der Waals surface area contributed by atoms with Crippen LogP contribution in [0.25, 0.3) is 0 Å². The molecule has 1 heterocycles. The molecule has 1 aliphatic rings. The maximum absolute atomic E-state index is 13.3. The largest absolute Gasteiger partial charge is 0.493 e. The first-order valence-corrected chi connectivity index (χ1v) is 9.31. The van der Waals surface area contributed by atoms with Crippen molar-refractivity contribution in [1.82, 2.24) is 10.2 Å². The lowest BCUT2D eigenvalue weighted by Gasteiger charge is -2.36. The molecule has 1 saturated heterocycles. The van der Waals surface area contributed by atoms with E-state index in [-0.39, 0.29) is 6.04 Å². The number of methoxy groups -OCH3 is 3. The first-order chi connectivity index (χ1) is 13.9. The van der Waals surface area contributed by atoms with Gasteiger partial charge in [0.25, 0.3) is 0 Å². The molecule has 2 aromatic rings. The predicted octanol–water partition coefficient (Wildman–Crippen LogP) is 3.73. The number of alkyl halides is 3. The molecule has 1 fully saturated rings. The summed E-state index contributed by atoms with van der Waals surface area (Å²) in [4.78, 5) is 2.16. The Morgan fingerprint density at radius 1 is 0.897 bits per heavy atom. The molecule has 1 aliphatic heterocycles. The van der Waals surface area contributed by atoms with Crippen molar-refractivity contribution in [3.8, 4) is 17.2 Å². The first-order valence-electron chi connectivity index (χ1n) is 9.31. The molecule has 0 bridgehead atoms. The van der Waals surface area contributed by atoms with Crippen LogP contribution < -0.4 is 19.5 Å². The molecule has 5 nitrogen and oxygen atoms in total. The van der Waals surface area contributed by atoms with Gasteiger partial charge in [0.1, 0.15) is 0 Å². The highest BCUT2D eigenvalue weighted by atomic mass is 19.4. The zero-order valence-corrected chi connectivity index (χ0v) is 16.7. The Hall–Kier alpha value is -2.45. The maximum atomic E-state index is 13.3. The van der Waals surface area contributed by atoms with Crippen LogP contribution in [-0.2, 0) is 6.18 Å². The van der Waals surface area contributed by atoms with Gasteiger partial charge in [0.15, 0.2) is 11.5 Å². The lowest BCUT2D eigenvalue weighted by Crippen LogP contribution is -2.45. The van der Waals surface area contributed by atoms with E-state index in [4.69, 9.17) is 14.2 Å². The van der Waals surface area contributed by atoms with Gasteiger partial charge < -0.3 is 19.5 Å². The lowest BCUT2D eigenvalue weighted by atomic mass is 9.94. The molecule has 8 heteroatoms. The molecule has 0 aliphatic carbocycles. The molecular weight excluding hydrogens is 385 g/mol. The van der Waals surface area contributed by atoms with Gasteiger partial charge in [-0.25, -0.2) is 0 Å². The quantitative estimate of drug-likeness (QED) is 0.786. The minimum absolute atomic E-state index is 0.381. The van der Waals surface area contributed by atoms with Crippen LogP contribution >= 0.6 is 0 Å². The van der Waals surface area contributed by atoms with Crippen molar-refractivity contribution in [3.05, 3.63) is 53.1 Å². The summed E-state index contributed by atoms with van der Waals surface area (Å²) in [6.45, 7) is 2.94. The van der Waals surface area contributed by atoms with Crippen LogP contribution in [0.1, 0.15) is 22.7 Å². The van der Waals surface area contributed by atoms with Gasteiger partial charge in [0.05, 0.1) is 32.9 Å². The van der Waals surface area contributed by atoms with Crippen LogP contribution in [0.5, 0.6) is 17.2 Å². The number of nitrogens with zero attached hydrogens (tertiary/aromatic N) is 1. The van der Waals surface area contributed by atoms with Gasteiger partial charge >= 0.3 is 6.18 Å². The number of hydrogen-bond acceptors (Lipinski definition) is 5. The second-order valence-electron chi connectivity index (χ2n) is 6.77. The topological polar surface area (TPSA) is 43.0 Å². The zero-order valence-electron chi connectivity index (χ0n) is 16.7. The van der Waals surface area contributed by atoms with Crippen LogP contribution in [-0.4, -0.2) is 52.4 Å². The van der Waals surface area contributed by atoms with Crippen LogP contribution in [0.2, 0.25) is 0 Å². The van der Waals surface area contributed by atoms with Gasteiger partial charge in [-0.3, -0.25) is 4.90 Å². The Kier molecular flexibility index (Phi) is 6.54. The zero-order chi connectivity index (χ0) is 21.0. The van der Waals surface area contributed by atoms with Crippen molar-refractivity contribution in [3.63, 3.8) is 0 Å². The summed E-state index contributed by atoms with van der Waals surface area (Å²) in [5.41, 5.74) is 0.680. The summed E-state index contributed by atoms with van der Waals surface area (Å²) in [6.07, 6.45) is -4.40. The Morgan fingerprint density at radius 3 is 2.03 bits per heavy atom. The highest BCUT2D eigenvalue weighted by molar-refractivity contribution is 5.55. The number of ether oxygens (including phenoxy) is 3. The fourth-order valence-corrected chi connectivity index (χ4v) is 3.70. The fourth-order valence-electron chi connectivity index (χ4n) is 3.70. The monoisotopic (exact) mass is 410 g/mol. The average Bonchev–Trinajstić information content (AvgIpc) is 2.73. The summed E-state index contributed by atoms with van der Waals surface area (Å²) in [7, 11) is 4.55. The fraction of sp³-hybridized carbons (Fsp3) is 0.429.